The quantitative estimate of drug-likeness (QED) is 0.896. The predicted octanol–water partition coefficient (Wildman–Crippen LogP) is 2.32. The van der Waals surface area contributed by atoms with Crippen molar-refractivity contribution in [2.75, 3.05) is 6.54 Å². The van der Waals surface area contributed by atoms with Crippen molar-refractivity contribution in [1.82, 2.24) is 10.6 Å². The lowest BCUT2D eigenvalue weighted by Gasteiger charge is -2.23. The second-order valence-electron chi connectivity index (χ2n) is 4.89. The molecule has 0 unspecified atom stereocenters. The predicted molar refractivity (Wildman–Crippen MR) is 79.0 cm³/mol. The van der Waals surface area contributed by atoms with Crippen molar-refractivity contribution in [3.8, 4) is 0 Å². The molecule has 0 bridgehead atoms. The Kier molecular flexibility index (Phi) is 5.26. The van der Waals surface area contributed by atoms with Crippen LogP contribution in [-0.2, 0) is 16.0 Å². The van der Waals surface area contributed by atoms with Gasteiger partial charge in [0.25, 0.3) is 0 Å². The molecule has 0 radical (unpaired) electrons. The summed E-state index contributed by atoms with van der Waals surface area (Å²) in [6.07, 6.45) is 2.60. The van der Waals surface area contributed by atoms with Gasteiger partial charge in [-0.1, -0.05) is 29.3 Å². The van der Waals surface area contributed by atoms with Gasteiger partial charge in [-0.25, -0.2) is 0 Å². The Balaban J connectivity index is 1.80. The van der Waals surface area contributed by atoms with Crippen molar-refractivity contribution >= 4 is 35.0 Å². The van der Waals surface area contributed by atoms with Crippen LogP contribution in [0.4, 0.5) is 0 Å². The number of piperidine rings is 1. The monoisotopic (exact) mass is 314 g/mol. The number of nitrogens with one attached hydrogen (secondary N) is 2. The van der Waals surface area contributed by atoms with Gasteiger partial charge in [-0.3, -0.25) is 9.59 Å². The SMILES string of the molecule is O=C(Cc1ccc(Cl)c(Cl)c1)NC[C@H]1CCCC(=O)N1. The minimum Gasteiger partial charge on any atom is -0.354 e. The van der Waals surface area contributed by atoms with Crippen molar-refractivity contribution in [3.63, 3.8) is 0 Å². The zero-order valence-corrected chi connectivity index (χ0v) is 12.4. The third kappa shape index (κ3) is 4.39. The summed E-state index contributed by atoms with van der Waals surface area (Å²) in [5.74, 6) is -0.0387. The first-order chi connectivity index (χ1) is 9.54. The summed E-state index contributed by atoms with van der Waals surface area (Å²) in [4.78, 5) is 23.1. The van der Waals surface area contributed by atoms with Gasteiger partial charge < -0.3 is 10.6 Å². The number of hydrogen-bond donors (Lipinski definition) is 2. The number of rotatable bonds is 4. The molecule has 0 saturated carbocycles. The Morgan fingerprint density at radius 1 is 1.35 bits per heavy atom. The molecule has 6 heteroatoms. The van der Waals surface area contributed by atoms with Crippen LogP contribution in [0, 0.1) is 0 Å². The van der Waals surface area contributed by atoms with Gasteiger partial charge in [0.2, 0.25) is 11.8 Å². The Bertz CT molecular complexity index is 520. The molecule has 1 heterocycles. The molecule has 1 aromatic carbocycles. The minimum absolute atomic E-state index is 0.0361. The zero-order chi connectivity index (χ0) is 14.5. The Labute approximate surface area is 127 Å². The van der Waals surface area contributed by atoms with E-state index >= 15 is 0 Å². The molecule has 20 heavy (non-hydrogen) atoms. The fourth-order valence-electron chi connectivity index (χ4n) is 2.17. The first-order valence-electron chi connectivity index (χ1n) is 6.54. The second-order valence-corrected chi connectivity index (χ2v) is 5.70. The third-order valence-corrected chi connectivity index (χ3v) is 3.95. The lowest BCUT2D eigenvalue weighted by Crippen LogP contribution is -2.46. The van der Waals surface area contributed by atoms with Crippen molar-refractivity contribution in [1.29, 1.82) is 0 Å². The fourth-order valence-corrected chi connectivity index (χ4v) is 2.49. The molecule has 1 saturated heterocycles. The average molecular weight is 315 g/mol. The van der Waals surface area contributed by atoms with Gasteiger partial charge >= 0.3 is 0 Å². The lowest BCUT2D eigenvalue weighted by molar-refractivity contribution is -0.124. The molecule has 1 aromatic rings. The summed E-state index contributed by atoms with van der Waals surface area (Å²) in [6, 6.07) is 5.17. The summed E-state index contributed by atoms with van der Waals surface area (Å²) >= 11 is 11.7. The van der Waals surface area contributed by atoms with E-state index in [0.717, 1.165) is 18.4 Å². The van der Waals surface area contributed by atoms with Crippen molar-refractivity contribution < 1.29 is 9.59 Å². The summed E-state index contributed by atoms with van der Waals surface area (Å²) in [5.41, 5.74) is 0.810. The molecule has 0 aliphatic carbocycles. The Morgan fingerprint density at radius 2 is 2.15 bits per heavy atom. The van der Waals surface area contributed by atoms with Crippen molar-refractivity contribution in [2.45, 2.75) is 31.7 Å². The van der Waals surface area contributed by atoms with Gasteiger partial charge in [0.05, 0.1) is 16.5 Å². The lowest BCUT2D eigenvalue weighted by atomic mass is 10.0. The van der Waals surface area contributed by atoms with Crippen LogP contribution in [0.1, 0.15) is 24.8 Å². The maximum absolute atomic E-state index is 11.8. The molecule has 1 aliphatic rings. The van der Waals surface area contributed by atoms with Gasteiger partial charge in [-0.2, -0.15) is 0 Å². The third-order valence-electron chi connectivity index (χ3n) is 3.22. The van der Waals surface area contributed by atoms with Crippen LogP contribution in [0.15, 0.2) is 18.2 Å². The minimum atomic E-state index is -0.0942. The van der Waals surface area contributed by atoms with Crippen molar-refractivity contribution in [2.24, 2.45) is 0 Å². The first kappa shape index (κ1) is 15.1. The highest BCUT2D eigenvalue weighted by atomic mass is 35.5. The molecule has 2 amide bonds. The molecule has 1 fully saturated rings. The number of carbonyl (C=O) groups is 2. The molecule has 0 spiro atoms. The van der Waals surface area contributed by atoms with E-state index in [2.05, 4.69) is 10.6 Å². The number of halogens is 2. The maximum atomic E-state index is 11.8. The topological polar surface area (TPSA) is 58.2 Å². The highest BCUT2D eigenvalue weighted by Gasteiger charge is 2.18. The molecular weight excluding hydrogens is 299 g/mol. The summed E-state index contributed by atoms with van der Waals surface area (Å²) < 4.78 is 0. The number of benzene rings is 1. The van der Waals surface area contributed by atoms with Crippen LogP contribution in [-0.4, -0.2) is 24.4 Å². The number of carbonyl (C=O) groups excluding carboxylic acids is 2. The van der Waals surface area contributed by atoms with Crippen LogP contribution in [0.25, 0.3) is 0 Å². The van der Waals surface area contributed by atoms with Crippen LogP contribution in [0.5, 0.6) is 0 Å². The van der Waals surface area contributed by atoms with E-state index in [1.54, 1.807) is 18.2 Å². The van der Waals surface area contributed by atoms with Gasteiger partial charge in [-0.05, 0) is 30.5 Å². The van der Waals surface area contributed by atoms with Gasteiger partial charge in [0.1, 0.15) is 0 Å². The Hall–Kier alpha value is -1.26. The molecule has 0 aromatic heterocycles. The van der Waals surface area contributed by atoms with Crippen molar-refractivity contribution in [3.05, 3.63) is 33.8 Å². The summed E-state index contributed by atoms with van der Waals surface area (Å²) in [7, 11) is 0. The molecule has 1 atom stereocenters. The van der Waals surface area contributed by atoms with Crippen LogP contribution in [0.2, 0.25) is 10.0 Å². The van der Waals surface area contributed by atoms with E-state index in [0.29, 0.717) is 23.0 Å². The largest absolute Gasteiger partial charge is 0.354 e. The number of amides is 2. The van der Waals surface area contributed by atoms with E-state index in [1.165, 1.54) is 0 Å². The molecular formula is C14H16Cl2N2O2. The van der Waals surface area contributed by atoms with Crippen LogP contribution < -0.4 is 10.6 Å². The zero-order valence-electron chi connectivity index (χ0n) is 10.9. The van der Waals surface area contributed by atoms with Crippen LogP contribution >= 0.6 is 23.2 Å². The fraction of sp³-hybridized carbons (Fsp3) is 0.429. The highest BCUT2D eigenvalue weighted by molar-refractivity contribution is 6.42. The normalized spacial score (nSPS) is 18.5. The summed E-state index contributed by atoms with van der Waals surface area (Å²) in [5, 5.41) is 6.60. The van der Waals surface area contributed by atoms with Gasteiger partial charge in [-0.15, -0.1) is 0 Å². The number of hydrogen-bond acceptors (Lipinski definition) is 2. The standard InChI is InChI=1S/C14H16Cl2N2O2/c15-11-5-4-9(6-12(11)16)7-14(20)17-8-10-2-1-3-13(19)18-10/h4-6,10H,1-3,7-8H2,(H,17,20)(H,18,19)/t10-/m1/s1. The molecule has 1 aliphatic heterocycles. The maximum Gasteiger partial charge on any atom is 0.224 e. The van der Waals surface area contributed by atoms with Gasteiger partial charge in [0, 0.05) is 19.0 Å². The van der Waals surface area contributed by atoms with E-state index in [4.69, 9.17) is 23.2 Å². The first-order valence-corrected chi connectivity index (χ1v) is 7.30. The van der Waals surface area contributed by atoms with E-state index in [1.807, 2.05) is 0 Å². The smallest absolute Gasteiger partial charge is 0.224 e. The second kappa shape index (κ2) is 6.95. The summed E-state index contributed by atoms with van der Waals surface area (Å²) in [6.45, 7) is 0.464. The van der Waals surface area contributed by atoms with Crippen LogP contribution in [0.3, 0.4) is 0 Å². The van der Waals surface area contributed by atoms with E-state index in [-0.39, 0.29) is 24.3 Å². The van der Waals surface area contributed by atoms with Gasteiger partial charge in [0.15, 0.2) is 0 Å². The van der Waals surface area contributed by atoms with E-state index < -0.39 is 0 Å². The Morgan fingerprint density at radius 3 is 2.85 bits per heavy atom. The highest BCUT2D eigenvalue weighted by Crippen LogP contribution is 2.22. The molecule has 2 rings (SSSR count). The van der Waals surface area contributed by atoms with E-state index in [9.17, 15) is 9.59 Å². The molecule has 4 nitrogen and oxygen atoms in total. The molecule has 2 N–H and O–H groups in total. The molecule has 108 valence electrons. The average Bonchev–Trinajstić information content (AvgIpc) is 2.41.